The van der Waals surface area contributed by atoms with E-state index in [-0.39, 0.29) is 4.88 Å². The molecule has 1 aromatic heterocycles. The van der Waals surface area contributed by atoms with Crippen LogP contribution in [0.15, 0.2) is 6.07 Å². The van der Waals surface area contributed by atoms with Crippen LogP contribution in [-0.2, 0) is 0 Å². The van der Waals surface area contributed by atoms with Gasteiger partial charge in [-0.2, -0.15) is 4.39 Å². The summed E-state index contributed by atoms with van der Waals surface area (Å²) >= 11 is 0.406. The molecule has 0 aliphatic heterocycles. The second-order valence-corrected chi connectivity index (χ2v) is 2.57. The summed E-state index contributed by atoms with van der Waals surface area (Å²) in [6.07, 6.45) is 0. The number of halogens is 1. The third-order valence-corrected chi connectivity index (χ3v) is 1.78. The number of hydrogen-bond acceptors (Lipinski definition) is 3. The number of carboxylic acid groups (broad SMARTS) is 1. The quantitative estimate of drug-likeness (QED) is 0.654. The van der Waals surface area contributed by atoms with Crippen molar-refractivity contribution in [2.45, 2.75) is 0 Å². The van der Waals surface area contributed by atoms with Gasteiger partial charge >= 0.3 is 5.97 Å². The maximum Gasteiger partial charge on any atom is 0.349 e. The van der Waals surface area contributed by atoms with Gasteiger partial charge in [0, 0.05) is 6.07 Å². The lowest BCUT2D eigenvalue weighted by Gasteiger charge is -1.85. The van der Waals surface area contributed by atoms with Crippen molar-refractivity contribution in [1.82, 2.24) is 0 Å². The molecule has 1 aromatic rings. The van der Waals surface area contributed by atoms with Crippen LogP contribution in [0.3, 0.4) is 0 Å². The predicted octanol–water partition coefficient (Wildman–Crippen LogP) is 1.29. The number of hydrogen-bond donors (Lipinski definition) is 2. The fourth-order valence-electron chi connectivity index (χ4n) is 0.506. The van der Waals surface area contributed by atoms with E-state index in [1.54, 1.807) is 0 Å². The van der Waals surface area contributed by atoms with Gasteiger partial charge in [-0.25, -0.2) is 4.79 Å². The molecule has 0 aliphatic carbocycles. The Morgan fingerprint density at radius 2 is 2.30 bits per heavy atom. The molecule has 0 saturated carbocycles. The molecule has 0 fully saturated rings. The van der Waals surface area contributed by atoms with Gasteiger partial charge in [-0.3, -0.25) is 0 Å². The van der Waals surface area contributed by atoms with Crippen LogP contribution in [-0.4, -0.2) is 16.2 Å². The van der Waals surface area contributed by atoms with Crippen molar-refractivity contribution < 1.29 is 19.4 Å². The van der Waals surface area contributed by atoms with E-state index in [4.69, 9.17) is 10.2 Å². The largest absolute Gasteiger partial charge is 0.506 e. The van der Waals surface area contributed by atoms with E-state index in [0.717, 1.165) is 6.07 Å². The fourth-order valence-corrected chi connectivity index (χ4v) is 1.12. The summed E-state index contributed by atoms with van der Waals surface area (Å²) in [7, 11) is 0. The molecule has 5 heteroatoms. The first-order chi connectivity index (χ1) is 4.61. The average molecular weight is 162 g/mol. The SMILES string of the molecule is O=C(O)c1sc(F)cc1O. The predicted molar refractivity (Wildman–Crippen MR) is 32.9 cm³/mol. The second kappa shape index (κ2) is 2.26. The Labute approximate surface area is 59.4 Å². The minimum atomic E-state index is -1.31. The summed E-state index contributed by atoms with van der Waals surface area (Å²) in [5.74, 6) is -1.83. The Morgan fingerprint density at radius 1 is 1.70 bits per heavy atom. The van der Waals surface area contributed by atoms with Crippen LogP contribution >= 0.6 is 11.3 Å². The molecule has 0 bridgehead atoms. The van der Waals surface area contributed by atoms with Crippen LogP contribution in [0.5, 0.6) is 5.75 Å². The highest BCUT2D eigenvalue weighted by Crippen LogP contribution is 2.26. The Balaban J connectivity index is 3.15. The molecule has 3 nitrogen and oxygen atoms in total. The monoisotopic (exact) mass is 162 g/mol. The average Bonchev–Trinajstić information content (AvgIpc) is 2.10. The molecule has 2 N–H and O–H groups in total. The van der Waals surface area contributed by atoms with Crippen molar-refractivity contribution in [2.75, 3.05) is 0 Å². The van der Waals surface area contributed by atoms with Crippen molar-refractivity contribution >= 4 is 17.3 Å². The number of carbonyl (C=O) groups is 1. The highest BCUT2D eigenvalue weighted by Gasteiger charge is 2.13. The van der Waals surface area contributed by atoms with Gasteiger partial charge in [0.2, 0.25) is 0 Å². The molecule has 0 aromatic carbocycles. The first kappa shape index (κ1) is 7.01. The molecule has 10 heavy (non-hydrogen) atoms. The Morgan fingerprint density at radius 3 is 2.50 bits per heavy atom. The molecule has 54 valence electrons. The van der Waals surface area contributed by atoms with Crippen LogP contribution < -0.4 is 0 Å². The van der Waals surface area contributed by atoms with Crippen molar-refractivity contribution in [1.29, 1.82) is 0 Å². The lowest BCUT2D eigenvalue weighted by atomic mass is 10.4. The van der Waals surface area contributed by atoms with Gasteiger partial charge in [-0.05, 0) is 0 Å². The number of thiophene rings is 1. The summed E-state index contributed by atoms with van der Waals surface area (Å²) in [5.41, 5.74) is 0. The van der Waals surface area contributed by atoms with Crippen LogP contribution in [0.25, 0.3) is 0 Å². The van der Waals surface area contributed by atoms with Crippen molar-refractivity contribution in [3.8, 4) is 5.75 Å². The van der Waals surface area contributed by atoms with E-state index in [2.05, 4.69) is 0 Å². The molecule has 0 spiro atoms. The number of aromatic carboxylic acids is 1. The standard InChI is InChI=1S/C5H3FO3S/c6-3-1-2(7)4(10-3)5(8)9/h1,7H,(H,8,9). The van der Waals surface area contributed by atoms with Crippen LogP contribution in [0.1, 0.15) is 9.67 Å². The number of carboxylic acids is 1. The highest BCUT2D eigenvalue weighted by atomic mass is 32.1. The van der Waals surface area contributed by atoms with Gasteiger partial charge < -0.3 is 10.2 Å². The molecule has 0 amide bonds. The van der Waals surface area contributed by atoms with Gasteiger partial charge in [0.15, 0.2) is 10.0 Å². The Hall–Kier alpha value is -1.10. The molecule has 0 atom stereocenters. The summed E-state index contributed by atoms with van der Waals surface area (Å²) in [5, 5.41) is 16.3. The van der Waals surface area contributed by atoms with E-state index in [0.29, 0.717) is 11.3 Å². The zero-order valence-electron chi connectivity index (χ0n) is 4.67. The molecular formula is C5H3FO3S. The van der Waals surface area contributed by atoms with E-state index in [1.807, 2.05) is 0 Å². The molecule has 0 radical (unpaired) electrons. The minimum Gasteiger partial charge on any atom is -0.506 e. The van der Waals surface area contributed by atoms with E-state index in [9.17, 15) is 9.18 Å². The summed E-state index contributed by atoms with van der Waals surface area (Å²) in [6, 6.07) is 0.772. The van der Waals surface area contributed by atoms with Crippen LogP contribution in [0, 0.1) is 5.13 Å². The number of aromatic hydroxyl groups is 1. The zero-order chi connectivity index (χ0) is 7.72. The van der Waals surface area contributed by atoms with Gasteiger partial charge in [-0.15, -0.1) is 0 Å². The normalized spacial score (nSPS) is 9.70. The van der Waals surface area contributed by atoms with Crippen LogP contribution in [0.4, 0.5) is 4.39 Å². The van der Waals surface area contributed by atoms with Gasteiger partial charge in [0.05, 0.1) is 0 Å². The lowest BCUT2D eigenvalue weighted by molar-refractivity contribution is 0.0699. The Kier molecular flexibility index (Phi) is 1.58. The molecule has 0 saturated heterocycles. The second-order valence-electron chi connectivity index (χ2n) is 1.57. The summed E-state index contributed by atoms with van der Waals surface area (Å²) < 4.78 is 12.1. The van der Waals surface area contributed by atoms with E-state index < -0.39 is 16.8 Å². The lowest BCUT2D eigenvalue weighted by Crippen LogP contribution is -1.90. The third kappa shape index (κ3) is 1.08. The summed E-state index contributed by atoms with van der Waals surface area (Å²) in [6.45, 7) is 0. The Bertz CT molecular complexity index is 268. The van der Waals surface area contributed by atoms with Crippen molar-refractivity contribution in [3.05, 3.63) is 16.1 Å². The fraction of sp³-hybridized carbons (Fsp3) is 0. The number of rotatable bonds is 1. The smallest absolute Gasteiger partial charge is 0.349 e. The topological polar surface area (TPSA) is 57.5 Å². The molecule has 1 rings (SSSR count). The van der Waals surface area contributed by atoms with Gasteiger partial charge in [0.1, 0.15) is 5.75 Å². The van der Waals surface area contributed by atoms with E-state index in [1.165, 1.54) is 0 Å². The zero-order valence-corrected chi connectivity index (χ0v) is 5.48. The molecule has 0 unspecified atom stereocenters. The molecule has 0 aliphatic rings. The molecular weight excluding hydrogens is 159 g/mol. The first-order valence-electron chi connectivity index (χ1n) is 2.33. The maximum absolute atomic E-state index is 12.1. The minimum absolute atomic E-state index is 0.363. The van der Waals surface area contributed by atoms with Crippen molar-refractivity contribution in [2.24, 2.45) is 0 Å². The van der Waals surface area contributed by atoms with Crippen LogP contribution in [0.2, 0.25) is 0 Å². The first-order valence-corrected chi connectivity index (χ1v) is 3.14. The van der Waals surface area contributed by atoms with Crippen molar-refractivity contribution in [3.63, 3.8) is 0 Å². The summed E-state index contributed by atoms with van der Waals surface area (Å²) in [4.78, 5) is 9.76. The molecule has 1 heterocycles. The highest BCUT2D eigenvalue weighted by molar-refractivity contribution is 7.12. The van der Waals surface area contributed by atoms with Gasteiger partial charge in [-0.1, -0.05) is 11.3 Å². The van der Waals surface area contributed by atoms with E-state index >= 15 is 0 Å². The maximum atomic E-state index is 12.1. The van der Waals surface area contributed by atoms with Gasteiger partial charge in [0.25, 0.3) is 0 Å². The third-order valence-electron chi connectivity index (χ3n) is 0.877.